The van der Waals surface area contributed by atoms with Gasteiger partial charge in [-0.1, -0.05) is 6.42 Å². The van der Waals surface area contributed by atoms with Crippen molar-refractivity contribution >= 4 is 0 Å². The molecule has 0 aromatic carbocycles. The standard InChI is InChI=1S/C12H24N2O/c13-8-9-3-1-6-12(9)14-10-4-2-5-11(15)7-10/h9-12,14-15H,1-8,13H2. The zero-order chi connectivity index (χ0) is 10.7. The van der Waals surface area contributed by atoms with E-state index in [-0.39, 0.29) is 6.10 Å². The van der Waals surface area contributed by atoms with Gasteiger partial charge in [-0.3, -0.25) is 0 Å². The number of nitrogens with two attached hydrogens (primary N) is 1. The van der Waals surface area contributed by atoms with Crippen LogP contribution < -0.4 is 11.1 Å². The third kappa shape index (κ3) is 2.92. The SMILES string of the molecule is NCC1CCCC1NC1CCCC(O)C1. The quantitative estimate of drug-likeness (QED) is 0.654. The van der Waals surface area contributed by atoms with Gasteiger partial charge in [0.05, 0.1) is 6.10 Å². The zero-order valence-electron chi connectivity index (χ0n) is 9.49. The van der Waals surface area contributed by atoms with E-state index in [9.17, 15) is 5.11 Å². The van der Waals surface area contributed by atoms with Crippen molar-refractivity contribution in [2.45, 2.75) is 63.1 Å². The Morgan fingerprint density at radius 1 is 1.13 bits per heavy atom. The lowest BCUT2D eigenvalue weighted by Crippen LogP contribution is -2.45. The minimum atomic E-state index is -0.0750. The van der Waals surface area contributed by atoms with Gasteiger partial charge in [0.25, 0.3) is 0 Å². The molecule has 0 bridgehead atoms. The van der Waals surface area contributed by atoms with Crippen LogP contribution in [0.2, 0.25) is 0 Å². The maximum Gasteiger partial charge on any atom is 0.0555 e. The van der Waals surface area contributed by atoms with Gasteiger partial charge in [-0.05, 0) is 51.0 Å². The first-order valence-corrected chi connectivity index (χ1v) is 6.43. The molecule has 0 amide bonds. The van der Waals surface area contributed by atoms with Crippen LogP contribution in [0, 0.1) is 5.92 Å². The molecule has 88 valence electrons. The average molecular weight is 212 g/mol. The molecule has 2 aliphatic carbocycles. The van der Waals surface area contributed by atoms with Crippen molar-refractivity contribution in [2.75, 3.05) is 6.54 Å². The second kappa shape index (κ2) is 5.28. The number of nitrogens with one attached hydrogen (secondary N) is 1. The summed E-state index contributed by atoms with van der Waals surface area (Å²) in [6, 6.07) is 1.15. The first-order chi connectivity index (χ1) is 7.29. The first kappa shape index (κ1) is 11.4. The van der Waals surface area contributed by atoms with Gasteiger partial charge >= 0.3 is 0 Å². The highest BCUT2D eigenvalue weighted by molar-refractivity contribution is 4.88. The van der Waals surface area contributed by atoms with Crippen LogP contribution in [0.3, 0.4) is 0 Å². The molecule has 2 saturated carbocycles. The summed E-state index contributed by atoms with van der Waals surface area (Å²) in [5.41, 5.74) is 5.77. The third-order valence-corrected chi connectivity index (χ3v) is 4.06. The number of rotatable bonds is 3. The van der Waals surface area contributed by atoms with E-state index in [0.717, 1.165) is 19.4 Å². The fraction of sp³-hybridized carbons (Fsp3) is 1.00. The summed E-state index contributed by atoms with van der Waals surface area (Å²) in [6.45, 7) is 0.812. The summed E-state index contributed by atoms with van der Waals surface area (Å²) in [5, 5.41) is 13.3. The molecule has 4 N–H and O–H groups in total. The fourth-order valence-electron chi connectivity index (χ4n) is 3.16. The minimum absolute atomic E-state index is 0.0750. The molecule has 2 rings (SSSR count). The molecule has 0 aliphatic heterocycles. The average Bonchev–Trinajstić information content (AvgIpc) is 2.65. The molecule has 0 spiro atoms. The van der Waals surface area contributed by atoms with Crippen LogP contribution in [0.25, 0.3) is 0 Å². The topological polar surface area (TPSA) is 58.3 Å². The highest BCUT2D eigenvalue weighted by Crippen LogP contribution is 2.27. The molecule has 15 heavy (non-hydrogen) atoms. The summed E-state index contributed by atoms with van der Waals surface area (Å²) >= 11 is 0. The van der Waals surface area contributed by atoms with Crippen LogP contribution in [-0.2, 0) is 0 Å². The second-order valence-corrected chi connectivity index (χ2v) is 5.22. The van der Waals surface area contributed by atoms with E-state index >= 15 is 0 Å². The van der Waals surface area contributed by atoms with Gasteiger partial charge in [0.1, 0.15) is 0 Å². The fourth-order valence-corrected chi connectivity index (χ4v) is 3.16. The van der Waals surface area contributed by atoms with Gasteiger partial charge in [-0.2, -0.15) is 0 Å². The molecule has 0 aromatic heterocycles. The second-order valence-electron chi connectivity index (χ2n) is 5.22. The van der Waals surface area contributed by atoms with E-state index in [1.807, 2.05) is 0 Å². The summed E-state index contributed by atoms with van der Waals surface area (Å²) in [4.78, 5) is 0. The van der Waals surface area contributed by atoms with E-state index in [0.29, 0.717) is 18.0 Å². The number of aliphatic hydroxyl groups excluding tert-OH is 1. The molecule has 0 radical (unpaired) electrons. The molecule has 3 heteroatoms. The molecule has 2 aliphatic rings. The van der Waals surface area contributed by atoms with Gasteiger partial charge in [0.2, 0.25) is 0 Å². The number of hydrogen-bond donors (Lipinski definition) is 3. The van der Waals surface area contributed by atoms with Crippen LogP contribution >= 0.6 is 0 Å². The van der Waals surface area contributed by atoms with Crippen LogP contribution in [0.15, 0.2) is 0 Å². The van der Waals surface area contributed by atoms with Gasteiger partial charge in [0.15, 0.2) is 0 Å². The summed E-state index contributed by atoms with van der Waals surface area (Å²) in [6.07, 6.45) is 8.11. The van der Waals surface area contributed by atoms with Crippen molar-refractivity contribution in [3.8, 4) is 0 Å². The highest BCUT2D eigenvalue weighted by atomic mass is 16.3. The summed E-state index contributed by atoms with van der Waals surface area (Å²) in [5.74, 6) is 0.670. The first-order valence-electron chi connectivity index (χ1n) is 6.43. The zero-order valence-corrected chi connectivity index (χ0v) is 9.49. The predicted molar refractivity (Wildman–Crippen MR) is 61.6 cm³/mol. The Bertz CT molecular complexity index is 198. The van der Waals surface area contributed by atoms with Crippen molar-refractivity contribution in [2.24, 2.45) is 11.7 Å². The molecular weight excluding hydrogens is 188 g/mol. The number of hydrogen-bond acceptors (Lipinski definition) is 3. The Kier molecular flexibility index (Phi) is 4.00. The summed E-state index contributed by atoms with van der Waals surface area (Å²) in [7, 11) is 0. The molecular formula is C12H24N2O. The van der Waals surface area contributed by atoms with Gasteiger partial charge < -0.3 is 16.2 Å². The Balaban J connectivity index is 1.80. The van der Waals surface area contributed by atoms with E-state index in [1.165, 1.54) is 32.1 Å². The van der Waals surface area contributed by atoms with Crippen LogP contribution in [0.5, 0.6) is 0 Å². The third-order valence-electron chi connectivity index (χ3n) is 4.06. The van der Waals surface area contributed by atoms with Gasteiger partial charge in [-0.25, -0.2) is 0 Å². The van der Waals surface area contributed by atoms with Crippen molar-refractivity contribution in [3.05, 3.63) is 0 Å². The van der Waals surface area contributed by atoms with E-state index in [1.54, 1.807) is 0 Å². The van der Waals surface area contributed by atoms with E-state index < -0.39 is 0 Å². The highest BCUT2D eigenvalue weighted by Gasteiger charge is 2.29. The van der Waals surface area contributed by atoms with Crippen molar-refractivity contribution in [3.63, 3.8) is 0 Å². The van der Waals surface area contributed by atoms with Crippen molar-refractivity contribution in [1.29, 1.82) is 0 Å². The molecule has 0 heterocycles. The lowest BCUT2D eigenvalue weighted by Gasteiger charge is -2.31. The maximum atomic E-state index is 9.61. The molecule has 4 atom stereocenters. The van der Waals surface area contributed by atoms with Gasteiger partial charge in [0, 0.05) is 12.1 Å². The predicted octanol–water partition coefficient (Wildman–Crippen LogP) is 1.01. The van der Waals surface area contributed by atoms with Crippen molar-refractivity contribution < 1.29 is 5.11 Å². The van der Waals surface area contributed by atoms with E-state index in [4.69, 9.17) is 5.73 Å². The lowest BCUT2D eigenvalue weighted by atomic mass is 9.91. The van der Waals surface area contributed by atoms with Crippen LogP contribution in [-0.4, -0.2) is 29.8 Å². The molecule has 0 saturated heterocycles. The Hall–Kier alpha value is -0.120. The lowest BCUT2D eigenvalue weighted by molar-refractivity contribution is 0.107. The monoisotopic (exact) mass is 212 g/mol. The smallest absolute Gasteiger partial charge is 0.0555 e. The molecule has 3 nitrogen and oxygen atoms in total. The number of aliphatic hydroxyl groups is 1. The maximum absolute atomic E-state index is 9.61. The Labute approximate surface area is 92.4 Å². The van der Waals surface area contributed by atoms with Crippen LogP contribution in [0.1, 0.15) is 44.9 Å². The van der Waals surface area contributed by atoms with E-state index in [2.05, 4.69) is 5.32 Å². The molecule has 0 aromatic rings. The van der Waals surface area contributed by atoms with Gasteiger partial charge in [-0.15, -0.1) is 0 Å². The Morgan fingerprint density at radius 2 is 1.93 bits per heavy atom. The molecule has 2 fully saturated rings. The molecule has 4 unspecified atom stereocenters. The minimum Gasteiger partial charge on any atom is -0.393 e. The van der Waals surface area contributed by atoms with Crippen LogP contribution in [0.4, 0.5) is 0 Å². The normalized spacial score (nSPS) is 42.0. The largest absolute Gasteiger partial charge is 0.393 e. The Morgan fingerprint density at radius 3 is 2.67 bits per heavy atom. The summed E-state index contributed by atoms with van der Waals surface area (Å²) < 4.78 is 0. The van der Waals surface area contributed by atoms with Crippen molar-refractivity contribution in [1.82, 2.24) is 5.32 Å².